The van der Waals surface area contributed by atoms with Crippen molar-refractivity contribution < 1.29 is 19.4 Å². The van der Waals surface area contributed by atoms with E-state index in [-0.39, 0.29) is 23.8 Å². The van der Waals surface area contributed by atoms with Crippen molar-refractivity contribution in [3.05, 3.63) is 59.3 Å². The van der Waals surface area contributed by atoms with E-state index in [1.54, 1.807) is 49.4 Å². The zero-order valence-corrected chi connectivity index (χ0v) is 13.0. The molecule has 3 aromatic rings. The van der Waals surface area contributed by atoms with Crippen LogP contribution in [0.15, 0.2) is 42.5 Å². The van der Waals surface area contributed by atoms with Crippen molar-refractivity contribution in [1.82, 2.24) is 4.98 Å². The first kappa shape index (κ1) is 15.6. The monoisotopic (exact) mass is 324 g/mol. The Kier molecular flexibility index (Phi) is 3.95. The normalized spacial score (nSPS) is 10.7. The van der Waals surface area contributed by atoms with Crippen LogP contribution in [-0.4, -0.2) is 28.4 Å². The molecule has 6 nitrogen and oxygen atoms in total. The second-order valence-corrected chi connectivity index (χ2v) is 5.25. The van der Waals surface area contributed by atoms with Crippen molar-refractivity contribution >= 4 is 28.3 Å². The highest BCUT2D eigenvalue weighted by molar-refractivity contribution is 6.18. The Bertz CT molecular complexity index is 926. The Hall–Kier alpha value is -3.28. The summed E-state index contributed by atoms with van der Waals surface area (Å²) in [4.78, 5) is 27.5. The maximum absolute atomic E-state index is 12.7. The van der Waals surface area contributed by atoms with E-state index in [0.29, 0.717) is 27.7 Å². The van der Waals surface area contributed by atoms with Gasteiger partial charge in [0.15, 0.2) is 17.2 Å². The van der Waals surface area contributed by atoms with Gasteiger partial charge in [0.2, 0.25) is 0 Å². The molecule has 122 valence electrons. The fourth-order valence-corrected chi connectivity index (χ4v) is 2.56. The lowest BCUT2D eigenvalue weighted by molar-refractivity contribution is 0.0517. The molecule has 0 unspecified atom stereocenters. The Morgan fingerprint density at radius 3 is 2.54 bits per heavy atom. The number of nitrogens with two attached hydrogens (primary N) is 1. The molecular formula is C18H16N2O4. The number of H-pyrrole nitrogens is 1. The molecule has 0 fully saturated rings. The van der Waals surface area contributed by atoms with Crippen molar-refractivity contribution in [2.24, 2.45) is 0 Å². The van der Waals surface area contributed by atoms with Gasteiger partial charge in [0, 0.05) is 16.8 Å². The highest BCUT2D eigenvalue weighted by Crippen LogP contribution is 2.33. The maximum Gasteiger partial charge on any atom is 0.358 e. The summed E-state index contributed by atoms with van der Waals surface area (Å²) in [6.07, 6.45) is 0. The number of fused-ring (bicyclic) bond motifs is 1. The standard InChI is InChI=1S/C18H16N2O4/c1-2-24-18(23)15-17(22)14-12(4-3-5-13(14)20-15)16(21)10-6-8-11(19)9-7-10/h3-9,20,22H,2,19H2,1H3. The summed E-state index contributed by atoms with van der Waals surface area (Å²) in [7, 11) is 0. The smallest absolute Gasteiger partial charge is 0.358 e. The topological polar surface area (TPSA) is 105 Å². The number of aromatic nitrogens is 1. The minimum absolute atomic E-state index is 0.0654. The molecule has 6 heteroatoms. The molecule has 0 radical (unpaired) electrons. The molecule has 0 saturated carbocycles. The van der Waals surface area contributed by atoms with Gasteiger partial charge in [-0.25, -0.2) is 4.79 Å². The maximum atomic E-state index is 12.7. The Morgan fingerprint density at radius 2 is 1.88 bits per heavy atom. The number of ketones is 1. The van der Waals surface area contributed by atoms with Crippen LogP contribution in [0.25, 0.3) is 10.9 Å². The van der Waals surface area contributed by atoms with Crippen LogP contribution in [0.1, 0.15) is 33.3 Å². The van der Waals surface area contributed by atoms with Gasteiger partial charge in [-0.3, -0.25) is 4.79 Å². The molecule has 0 aliphatic rings. The lowest BCUT2D eigenvalue weighted by atomic mass is 9.99. The van der Waals surface area contributed by atoms with Crippen molar-refractivity contribution in [3.63, 3.8) is 0 Å². The van der Waals surface area contributed by atoms with E-state index in [4.69, 9.17) is 10.5 Å². The van der Waals surface area contributed by atoms with Gasteiger partial charge in [-0.15, -0.1) is 0 Å². The summed E-state index contributed by atoms with van der Waals surface area (Å²) in [5.74, 6) is -1.23. The minimum atomic E-state index is -0.669. The number of nitrogen functional groups attached to an aromatic ring is 1. The van der Waals surface area contributed by atoms with E-state index in [2.05, 4.69) is 4.98 Å². The molecule has 4 N–H and O–H groups in total. The number of hydrogen-bond acceptors (Lipinski definition) is 5. The zero-order valence-electron chi connectivity index (χ0n) is 13.0. The van der Waals surface area contributed by atoms with Crippen LogP contribution in [-0.2, 0) is 4.74 Å². The Labute approximate surface area is 137 Å². The van der Waals surface area contributed by atoms with E-state index in [9.17, 15) is 14.7 Å². The first-order chi connectivity index (χ1) is 11.5. The van der Waals surface area contributed by atoms with E-state index < -0.39 is 5.97 Å². The van der Waals surface area contributed by atoms with Crippen molar-refractivity contribution in [1.29, 1.82) is 0 Å². The molecule has 0 atom stereocenters. The molecular weight excluding hydrogens is 308 g/mol. The molecule has 0 saturated heterocycles. The predicted molar refractivity (Wildman–Crippen MR) is 90.2 cm³/mol. The van der Waals surface area contributed by atoms with Gasteiger partial charge in [0.25, 0.3) is 0 Å². The van der Waals surface area contributed by atoms with Crippen LogP contribution in [0.4, 0.5) is 5.69 Å². The van der Waals surface area contributed by atoms with Crippen molar-refractivity contribution in [2.75, 3.05) is 12.3 Å². The zero-order chi connectivity index (χ0) is 17.3. The average Bonchev–Trinajstić information content (AvgIpc) is 2.92. The number of rotatable bonds is 4. The SMILES string of the molecule is CCOC(=O)c1[nH]c2cccc(C(=O)c3ccc(N)cc3)c2c1O. The van der Waals surface area contributed by atoms with Crippen molar-refractivity contribution in [2.45, 2.75) is 6.92 Å². The third kappa shape index (κ3) is 2.58. The number of esters is 1. The largest absolute Gasteiger partial charge is 0.505 e. The highest BCUT2D eigenvalue weighted by atomic mass is 16.5. The number of hydrogen-bond donors (Lipinski definition) is 3. The van der Waals surface area contributed by atoms with E-state index in [1.807, 2.05) is 0 Å². The molecule has 1 heterocycles. The Morgan fingerprint density at radius 1 is 1.17 bits per heavy atom. The number of aromatic hydroxyl groups is 1. The number of carbonyl (C=O) groups is 2. The lowest BCUT2D eigenvalue weighted by Gasteiger charge is -2.04. The summed E-state index contributed by atoms with van der Waals surface area (Å²) >= 11 is 0. The number of aromatic amines is 1. The first-order valence-electron chi connectivity index (χ1n) is 7.44. The van der Waals surface area contributed by atoms with Crippen LogP contribution < -0.4 is 5.73 Å². The van der Waals surface area contributed by atoms with E-state index in [0.717, 1.165) is 0 Å². The lowest BCUT2D eigenvalue weighted by Crippen LogP contribution is -2.05. The van der Waals surface area contributed by atoms with Crippen LogP contribution in [0.5, 0.6) is 5.75 Å². The molecule has 0 aliphatic heterocycles. The Balaban J connectivity index is 2.13. The molecule has 0 spiro atoms. The van der Waals surface area contributed by atoms with Gasteiger partial charge >= 0.3 is 5.97 Å². The molecule has 2 aromatic carbocycles. The summed E-state index contributed by atoms with van der Waals surface area (Å²) in [6, 6.07) is 11.5. The van der Waals surface area contributed by atoms with Gasteiger partial charge in [-0.1, -0.05) is 12.1 Å². The second kappa shape index (κ2) is 6.08. The summed E-state index contributed by atoms with van der Waals surface area (Å²) < 4.78 is 4.91. The van der Waals surface area contributed by atoms with E-state index in [1.165, 1.54) is 0 Å². The number of nitrogens with one attached hydrogen (secondary N) is 1. The van der Waals surface area contributed by atoms with Gasteiger partial charge in [-0.2, -0.15) is 0 Å². The summed E-state index contributed by atoms with van der Waals surface area (Å²) in [5.41, 5.74) is 7.34. The fourth-order valence-electron chi connectivity index (χ4n) is 2.56. The third-order valence-corrected chi connectivity index (χ3v) is 3.69. The van der Waals surface area contributed by atoms with Gasteiger partial charge in [0.1, 0.15) is 0 Å². The fraction of sp³-hybridized carbons (Fsp3) is 0.111. The third-order valence-electron chi connectivity index (χ3n) is 3.69. The van der Waals surface area contributed by atoms with Crippen LogP contribution in [0.2, 0.25) is 0 Å². The second-order valence-electron chi connectivity index (χ2n) is 5.25. The summed E-state index contributed by atoms with van der Waals surface area (Å²) in [6.45, 7) is 1.86. The highest BCUT2D eigenvalue weighted by Gasteiger charge is 2.23. The van der Waals surface area contributed by atoms with E-state index >= 15 is 0 Å². The van der Waals surface area contributed by atoms with Crippen molar-refractivity contribution in [3.8, 4) is 5.75 Å². The quantitative estimate of drug-likeness (QED) is 0.389. The van der Waals surface area contributed by atoms with Crippen LogP contribution in [0.3, 0.4) is 0 Å². The van der Waals surface area contributed by atoms with Crippen LogP contribution >= 0.6 is 0 Å². The molecule has 0 amide bonds. The number of carbonyl (C=O) groups excluding carboxylic acids is 2. The first-order valence-corrected chi connectivity index (χ1v) is 7.44. The molecule has 24 heavy (non-hydrogen) atoms. The predicted octanol–water partition coefficient (Wildman–Crippen LogP) is 2.86. The molecule has 0 aliphatic carbocycles. The average molecular weight is 324 g/mol. The number of anilines is 1. The minimum Gasteiger partial charge on any atom is -0.505 e. The number of benzene rings is 2. The van der Waals surface area contributed by atoms with Crippen LogP contribution in [0, 0.1) is 0 Å². The molecule has 1 aromatic heterocycles. The molecule has 0 bridgehead atoms. The number of ether oxygens (including phenoxy) is 1. The van der Waals surface area contributed by atoms with Gasteiger partial charge in [-0.05, 0) is 37.3 Å². The van der Waals surface area contributed by atoms with Gasteiger partial charge in [0.05, 0.1) is 17.5 Å². The summed E-state index contributed by atoms with van der Waals surface area (Å²) in [5, 5.41) is 10.7. The van der Waals surface area contributed by atoms with Gasteiger partial charge < -0.3 is 20.6 Å². The molecule has 3 rings (SSSR count).